The highest BCUT2D eigenvalue weighted by Gasteiger charge is 2.37. The van der Waals surface area contributed by atoms with Crippen molar-refractivity contribution in [3.05, 3.63) is 23.8 Å². The predicted octanol–water partition coefficient (Wildman–Crippen LogP) is 0.350. The van der Waals surface area contributed by atoms with Crippen LogP contribution >= 0.6 is 0 Å². The van der Waals surface area contributed by atoms with E-state index in [4.69, 9.17) is 5.73 Å². The molecule has 2 fully saturated rings. The lowest BCUT2D eigenvalue weighted by molar-refractivity contribution is 0.239. The summed E-state index contributed by atoms with van der Waals surface area (Å²) in [7, 11) is -3.45. The number of piperazine rings is 1. The summed E-state index contributed by atoms with van der Waals surface area (Å²) in [6.45, 7) is 2.82. The van der Waals surface area contributed by atoms with Gasteiger partial charge in [-0.1, -0.05) is 0 Å². The average molecular weight is 357 g/mol. The van der Waals surface area contributed by atoms with Crippen molar-refractivity contribution < 1.29 is 12.8 Å². The summed E-state index contributed by atoms with van der Waals surface area (Å²) >= 11 is 0. The Bertz CT molecular complexity index is 658. The van der Waals surface area contributed by atoms with Crippen LogP contribution in [0.2, 0.25) is 0 Å². The highest BCUT2D eigenvalue weighted by Crippen LogP contribution is 2.23. The van der Waals surface area contributed by atoms with Crippen LogP contribution in [0.3, 0.4) is 0 Å². The van der Waals surface area contributed by atoms with Crippen molar-refractivity contribution in [2.24, 2.45) is 0 Å². The second-order valence-corrected chi connectivity index (χ2v) is 8.19. The van der Waals surface area contributed by atoms with Crippen LogP contribution in [0.5, 0.6) is 0 Å². The van der Waals surface area contributed by atoms with Gasteiger partial charge in [0.2, 0.25) is 0 Å². The zero-order chi connectivity index (χ0) is 17.2. The number of rotatable bonds is 5. The fourth-order valence-corrected chi connectivity index (χ4v) is 5.31. The molecule has 0 saturated carbocycles. The molecular formula is C15H24FN5O2S. The summed E-state index contributed by atoms with van der Waals surface area (Å²) in [6, 6.07) is -0.198. The van der Waals surface area contributed by atoms with Gasteiger partial charge in [-0.05, 0) is 25.7 Å². The van der Waals surface area contributed by atoms with Gasteiger partial charge >= 0.3 is 0 Å². The van der Waals surface area contributed by atoms with E-state index < -0.39 is 16.0 Å². The lowest BCUT2D eigenvalue weighted by atomic mass is 10.0. The third-order valence-electron chi connectivity index (χ3n) is 4.75. The molecule has 9 heteroatoms. The van der Waals surface area contributed by atoms with Gasteiger partial charge < -0.3 is 11.1 Å². The third kappa shape index (κ3) is 3.53. The fourth-order valence-electron chi connectivity index (χ4n) is 3.41. The van der Waals surface area contributed by atoms with Gasteiger partial charge in [-0.3, -0.25) is 4.98 Å². The molecule has 0 radical (unpaired) electrons. The minimum atomic E-state index is -3.45. The molecule has 134 valence electrons. The van der Waals surface area contributed by atoms with Gasteiger partial charge in [0.1, 0.15) is 5.82 Å². The highest BCUT2D eigenvalue weighted by atomic mass is 32.2. The number of hydrogen-bond donors (Lipinski definition) is 2. The second kappa shape index (κ2) is 7.30. The van der Waals surface area contributed by atoms with Gasteiger partial charge in [0.25, 0.3) is 10.2 Å². The van der Waals surface area contributed by atoms with Crippen molar-refractivity contribution in [2.45, 2.75) is 31.7 Å². The number of halogens is 1. The van der Waals surface area contributed by atoms with Gasteiger partial charge in [0, 0.05) is 44.3 Å². The van der Waals surface area contributed by atoms with E-state index in [9.17, 15) is 12.8 Å². The number of aromatic nitrogens is 1. The molecule has 24 heavy (non-hydrogen) atoms. The van der Waals surface area contributed by atoms with Crippen molar-refractivity contribution in [1.29, 1.82) is 0 Å². The van der Waals surface area contributed by atoms with Crippen LogP contribution in [0.15, 0.2) is 12.4 Å². The van der Waals surface area contributed by atoms with Gasteiger partial charge in [-0.2, -0.15) is 17.0 Å². The zero-order valence-electron chi connectivity index (χ0n) is 13.6. The minimum Gasteiger partial charge on any atom is -0.397 e. The molecule has 3 heterocycles. The van der Waals surface area contributed by atoms with E-state index in [0.717, 1.165) is 19.0 Å². The Labute approximate surface area is 142 Å². The smallest absolute Gasteiger partial charge is 0.282 e. The normalized spacial score (nSPS) is 23.6. The first-order valence-electron chi connectivity index (χ1n) is 8.35. The number of pyridine rings is 1. The van der Waals surface area contributed by atoms with E-state index in [1.807, 2.05) is 0 Å². The summed E-state index contributed by atoms with van der Waals surface area (Å²) in [5.74, 6) is -0.437. The van der Waals surface area contributed by atoms with Crippen molar-refractivity contribution in [3.8, 4) is 0 Å². The maximum absolute atomic E-state index is 13.9. The van der Waals surface area contributed by atoms with E-state index in [2.05, 4.69) is 10.3 Å². The Morgan fingerprint density at radius 1 is 1.29 bits per heavy atom. The average Bonchev–Trinajstić information content (AvgIpc) is 3.10. The highest BCUT2D eigenvalue weighted by molar-refractivity contribution is 7.86. The molecule has 0 amide bonds. The first kappa shape index (κ1) is 17.5. The first-order valence-corrected chi connectivity index (χ1v) is 9.75. The van der Waals surface area contributed by atoms with Gasteiger partial charge in [0.05, 0.1) is 18.1 Å². The van der Waals surface area contributed by atoms with Gasteiger partial charge in [-0.15, -0.1) is 0 Å². The van der Waals surface area contributed by atoms with Crippen LogP contribution in [0.1, 0.15) is 24.8 Å². The van der Waals surface area contributed by atoms with Crippen LogP contribution in [0, 0.1) is 5.82 Å². The Kier molecular flexibility index (Phi) is 5.33. The van der Waals surface area contributed by atoms with Crippen LogP contribution in [0.4, 0.5) is 10.1 Å². The molecule has 7 nitrogen and oxygen atoms in total. The van der Waals surface area contributed by atoms with Crippen LogP contribution < -0.4 is 11.1 Å². The number of nitrogen functional groups attached to an aromatic ring is 1. The number of hydrogen-bond acceptors (Lipinski definition) is 5. The molecule has 0 bridgehead atoms. The molecule has 2 aliphatic rings. The Balaban J connectivity index is 1.73. The van der Waals surface area contributed by atoms with Crippen molar-refractivity contribution >= 4 is 15.9 Å². The Morgan fingerprint density at radius 2 is 2.04 bits per heavy atom. The van der Waals surface area contributed by atoms with E-state index in [1.165, 1.54) is 6.20 Å². The number of nitrogens with zero attached hydrogens (tertiary/aromatic N) is 3. The number of nitrogens with two attached hydrogens (primary N) is 1. The zero-order valence-corrected chi connectivity index (χ0v) is 14.4. The maximum Gasteiger partial charge on any atom is 0.282 e. The largest absolute Gasteiger partial charge is 0.397 e. The molecule has 1 aromatic heterocycles. The van der Waals surface area contributed by atoms with Crippen LogP contribution in [0.25, 0.3) is 0 Å². The molecule has 1 atom stereocenters. The summed E-state index contributed by atoms with van der Waals surface area (Å²) in [5.41, 5.74) is 6.52. The molecule has 0 aliphatic carbocycles. The van der Waals surface area contributed by atoms with E-state index >= 15 is 0 Å². The molecule has 2 saturated heterocycles. The summed E-state index contributed by atoms with van der Waals surface area (Å²) in [5, 5.41) is 3.23. The topological polar surface area (TPSA) is 91.6 Å². The SMILES string of the molecule is Nc1cncc(F)c1CC[C@H]1CNCCN1S(=O)(=O)N1CCCC1. The maximum atomic E-state index is 13.9. The fraction of sp³-hybridized carbons (Fsp3) is 0.667. The molecule has 0 spiro atoms. The second-order valence-electron chi connectivity index (χ2n) is 6.31. The lowest BCUT2D eigenvalue weighted by Crippen LogP contribution is -2.57. The molecule has 0 aromatic carbocycles. The number of nitrogens with one attached hydrogen (secondary N) is 1. The van der Waals surface area contributed by atoms with Crippen LogP contribution in [-0.2, 0) is 16.6 Å². The molecule has 3 N–H and O–H groups in total. The first-order chi connectivity index (χ1) is 11.5. The third-order valence-corrected chi connectivity index (χ3v) is 6.84. The Morgan fingerprint density at radius 3 is 2.75 bits per heavy atom. The van der Waals surface area contributed by atoms with Gasteiger partial charge in [0.15, 0.2) is 0 Å². The summed E-state index contributed by atoms with van der Waals surface area (Å²) < 4.78 is 42.7. The molecule has 0 unspecified atom stereocenters. The predicted molar refractivity (Wildman–Crippen MR) is 90.0 cm³/mol. The van der Waals surface area contributed by atoms with Gasteiger partial charge in [-0.25, -0.2) is 4.39 Å². The van der Waals surface area contributed by atoms with E-state index in [-0.39, 0.29) is 6.04 Å². The van der Waals surface area contributed by atoms with Crippen LogP contribution in [-0.4, -0.2) is 60.8 Å². The van der Waals surface area contributed by atoms with Crippen molar-refractivity contribution in [1.82, 2.24) is 18.9 Å². The Hall–Kier alpha value is -1.29. The number of anilines is 1. The lowest BCUT2D eigenvalue weighted by Gasteiger charge is -2.37. The van der Waals surface area contributed by atoms with Crippen molar-refractivity contribution in [3.63, 3.8) is 0 Å². The van der Waals surface area contributed by atoms with E-state index in [0.29, 0.717) is 56.8 Å². The standard InChI is InChI=1S/C15H24FN5O2S/c16-14-10-19-11-15(17)13(14)4-3-12-9-18-5-8-21(12)24(22,23)20-6-1-2-7-20/h10-12,18H,1-9,17H2/t12-/m0/s1. The summed E-state index contributed by atoms with van der Waals surface area (Å²) in [4.78, 5) is 3.72. The minimum absolute atomic E-state index is 0.198. The molecule has 3 rings (SSSR count). The molecule has 2 aliphatic heterocycles. The monoisotopic (exact) mass is 357 g/mol. The quantitative estimate of drug-likeness (QED) is 0.793. The molecular weight excluding hydrogens is 333 g/mol. The summed E-state index contributed by atoms with van der Waals surface area (Å²) in [6.07, 6.45) is 5.30. The molecule has 1 aromatic rings. The van der Waals surface area contributed by atoms with Crippen molar-refractivity contribution in [2.75, 3.05) is 38.5 Å². The van der Waals surface area contributed by atoms with E-state index in [1.54, 1.807) is 8.61 Å².